The number of esters is 1. The van der Waals surface area contributed by atoms with E-state index in [4.69, 9.17) is 10.5 Å². The second-order valence-electron chi connectivity index (χ2n) is 3.34. The lowest BCUT2D eigenvalue weighted by Gasteiger charge is -2.09. The molecule has 1 aromatic carbocycles. The minimum atomic E-state index is -0.401. The molecule has 0 fully saturated rings. The Labute approximate surface area is 89.0 Å². The minimum Gasteiger partial charge on any atom is -0.482 e. The van der Waals surface area contributed by atoms with Crippen LogP contribution in [-0.2, 0) is 9.53 Å². The van der Waals surface area contributed by atoms with E-state index < -0.39 is 5.97 Å². The molecule has 0 saturated carbocycles. The molecule has 1 rings (SSSR count). The van der Waals surface area contributed by atoms with Gasteiger partial charge in [0.15, 0.2) is 6.61 Å². The highest BCUT2D eigenvalue weighted by Crippen LogP contribution is 2.23. The zero-order valence-electron chi connectivity index (χ0n) is 9.16. The Hall–Kier alpha value is -1.71. The SMILES string of the molecule is COC(=O)COc1cc(C)c(N)c(C)c1. The number of carbonyl (C=O) groups is 1. The lowest BCUT2D eigenvalue weighted by molar-refractivity contribution is -0.142. The summed E-state index contributed by atoms with van der Waals surface area (Å²) in [4.78, 5) is 10.9. The highest BCUT2D eigenvalue weighted by Gasteiger charge is 2.05. The van der Waals surface area contributed by atoms with Gasteiger partial charge in [0.2, 0.25) is 0 Å². The fourth-order valence-corrected chi connectivity index (χ4v) is 1.22. The summed E-state index contributed by atoms with van der Waals surface area (Å²) in [7, 11) is 1.32. The van der Waals surface area contributed by atoms with Crippen molar-refractivity contribution in [2.24, 2.45) is 0 Å². The molecule has 4 nitrogen and oxygen atoms in total. The molecule has 0 radical (unpaired) electrons. The molecule has 2 N–H and O–H groups in total. The van der Waals surface area contributed by atoms with Gasteiger partial charge in [-0.3, -0.25) is 0 Å². The normalized spacial score (nSPS) is 9.80. The Morgan fingerprint density at radius 3 is 2.33 bits per heavy atom. The van der Waals surface area contributed by atoms with Gasteiger partial charge < -0.3 is 15.2 Å². The van der Waals surface area contributed by atoms with Gasteiger partial charge >= 0.3 is 5.97 Å². The Morgan fingerprint density at radius 1 is 1.33 bits per heavy atom. The second kappa shape index (κ2) is 4.68. The van der Waals surface area contributed by atoms with Crippen LogP contribution in [0.3, 0.4) is 0 Å². The zero-order chi connectivity index (χ0) is 11.4. The molecule has 0 spiro atoms. The highest BCUT2D eigenvalue weighted by molar-refractivity contribution is 5.71. The Morgan fingerprint density at radius 2 is 1.87 bits per heavy atom. The fraction of sp³-hybridized carbons (Fsp3) is 0.364. The first-order valence-electron chi connectivity index (χ1n) is 4.61. The maximum Gasteiger partial charge on any atom is 0.343 e. The van der Waals surface area contributed by atoms with Gasteiger partial charge in [-0.25, -0.2) is 4.79 Å². The molecule has 0 heterocycles. The summed E-state index contributed by atoms with van der Waals surface area (Å²) >= 11 is 0. The van der Waals surface area contributed by atoms with Gasteiger partial charge in [0.1, 0.15) is 5.75 Å². The first kappa shape index (κ1) is 11.4. The summed E-state index contributed by atoms with van der Waals surface area (Å²) in [6.45, 7) is 3.71. The summed E-state index contributed by atoms with van der Waals surface area (Å²) in [6, 6.07) is 3.59. The number of hydrogen-bond acceptors (Lipinski definition) is 4. The van der Waals surface area contributed by atoms with Crippen LogP contribution < -0.4 is 10.5 Å². The molecule has 0 aliphatic rings. The molecule has 0 bridgehead atoms. The van der Waals surface area contributed by atoms with Gasteiger partial charge in [-0.1, -0.05) is 0 Å². The fourth-order valence-electron chi connectivity index (χ4n) is 1.22. The van der Waals surface area contributed by atoms with Crippen molar-refractivity contribution in [3.05, 3.63) is 23.3 Å². The van der Waals surface area contributed by atoms with Crippen molar-refractivity contribution in [3.63, 3.8) is 0 Å². The number of hydrogen-bond donors (Lipinski definition) is 1. The highest BCUT2D eigenvalue weighted by atomic mass is 16.6. The monoisotopic (exact) mass is 209 g/mol. The molecule has 0 aliphatic heterocycles. The van der Waals surface area contributed by atoms with Crippen LogP contribution in [0.5, 0.6) is 5.75 Å². The molecule has 0 atom stereocenters. The molecule has 82 valence electrons. The van der Waals surface area contributed by atoms with Crippen molar-refractivity contribution in [1.82, 2.24) is 0 Å². The number of carbonyl (C=O) groups excluding carboxylic acids is 1. The van der Waals surface area contributed by atoms with Gasteiger partial charge in [-0.2, -0.15) is 0 Å². The predicted molar refractivity (Wildman–Crippen MR) is 57.8 cm³/mol. The van der Waals surface area contributed by atoms with Crippen molar-refractivity contribution in [3.8, 4) is 5.75 Å². The number of anilines is 1. The van der Waals surface area contributed by atoms with Crippen molar-refractivity contribution in [1.29, 1.82) is 0 Å². The molecule has 0 unspecified atom stereocenters. The van der Waals surface area contributed by atoms with E-state index in [2.05, 4.69) is 4.74 Å². The van der Waals surface area contributed by atoms with Gasteiger partial charge in [-0.05, 0) is 37.1 Å². The average molecular weight is 209 g/mol. The standard InChI is InChI=1S/C11H15NO3/c1-7-4-9(5-8(2)11(7)12)15-6-10(13)14-3/h4-5H,6,12H2,1-3H3. The third-order valence-corrected chi connectivity index (χ3v) is 2.15. The first-order valence-corrected chi connectivity index (χ1v) is 4.61. The maximum absolute atomic E-state index is 10.9. The number of aryl methyl sites for hydroxylation is 2. The van der Waals surface area contributed by atoms with Crippen LogP contribution in [0.4, 0.5) is 5.69 Å². The summed E-state index contributed by atoms with van der Waals surface area (Å²) in [5.41, 5.74) is 8.42. The summed E-state index contributed by atoms with van der Waals surface area (Å²) in [5.74, 6) is 0.228. The average Bonchev–Trinajstić information content (AvgIpc) is 2.22. The van der Waals surface area contributed by atoms with Crippen LogP contribution in [0.2, 0.25) is 0 Å². The third kappa shape index (κ3) is 2.87. The molecule has 1 aromatic rings. The van der Waals surface area contributed by atoms with Gasteiger partial charge in [-0.15, -0.1) is 0 Å². The van der Waals surface area contributed by atoms with Gasteiger partial charge in [0.05, 0.1) is 7.11 Å². The number of benzene rings is 1. The van der Waals surface area contributed by atoms with Crippen LogP contribution in [0.1, 0.15) is 11.1 Å². The number of methoxy groups -OCH3 is 1. The molecule has 0 aromatic heterocycles. The molecule has 15 heavy (non-hydrogen) atoms. The van der Waals surface area contributed by atoms with Crippen molar-refractivity contribution >= 4 is 11.7 Å². The number of rotatable bonds is 3. The van der Waals surface area contributed by atoms with Crippen LogP contribution in [0, 0.1) is 13.8 Å². The number of nitrogens with two attached hydrogens (primary N) is 1. The Balaban J connectivity index is 2.75. The maximum atomic E-state index is 10.9. The molecule has 0 saturated heterocycles. The Bertz CT molecular complexity index is 351. The van der Waals surface area contributed by atoms with Crippen molar-refractivity contribution < 1.29 is 14.3 Å². The smallest absolute Gasteiger partial charge is 0.343 e. The minimum absolute atomic E-state index is 0.0840. The largest absolute Gasteiger partial charge is 0.482 e. The molecule has 0 aliphatic carbocycles. The van der Waals surface area contributed by atoms with Crippen molar-refractivity contribution in [2.45, 2.75) is 13.8 Å². The van der Waals surface area contributed by atoms with Crippen LogP contribution in [0.15, 0.2) is 12.1 Å². The molecular formula is C11H15NO3. The molecule has 0 amide bonds. The van der Waals surface area contributed by atoms with E-state index in [1.807, 2.05) is 13.8 Å². The predicted octanol–water partition coefficient (Wildman–Crippen LogP) is 1.44. The number of nitrogen functional groups attached to an aromatic ring is 1. The Kier molecular flexibility index (Phi) is 3.55. The zero-order valence-corrected chi connectivity index (χ0v) is 9.16. The van der Waals surface area contributed by atoms with Crippen molar-refractivity contribution in [2.75, 3.05) is 19.5 Å². The van der Waals surface area contributed by atoms with Crippen LogP contribution in [0.25, 0.3) is 0 Å². The van der Waals surface area contributed by atoms with Gasteiger partial charge in [0, 0.05) is 5.69 Å². The quantitative estimate of drug-likeness (QED) is 0.604. The van der Waals surface area contributed by atoms with E-state index in [0.717, 1.165) is 16.8 Å². The van der Waals surface area contributed by atoms with E-state index in [1.54, 1.807) is 12.1 Å². The summed E-state index contributed by atoms with van der Waals surface area (Å²) in [6.07, 6.45) is 0. The van der Waals surface area contributed by atoms with E-state index in [9.17, 15) is 4.79 Å². The van der Waals surface area contributed by atoms with Crippen LogP contribution >= 0.6 is 0 Å². The lowest BCUT2D eigenvalue weighted by atomic mass is 10.1. The van der Waals surface area contributed by atoms with Gasteiger partial charge in [0.25, 0.3) is 0 Å². The first-order chi connectivity index (χ1) is 7.04. The molecular weight excluding hydrogens is 194 g/mol. The van der Waals surface area contributed by atoms with E-state index in [-0.39, 0.29) is 6.61 Å². The van der Waals surface area contributed by atoms with E-state index in [0.29, 0.717) is 5.75 Å². The van der Waals surface area contributed by atoms with Crippen LogP contribution in [-0.4, -0.2) is 19.7 Å². The number of ether oxygens (including phenoxy) is 2. The lowest BCUT2D eigenvalue weighted by Crippen LogP contribution is -2.12. The summed E-state index contributed by atoms with van der Waals surface area (Å²) < 4.78 is 9.71. The van der Waals surface area contributed by atoms with E-state index >= 15 is 0 Å². The van der Waals surface area contributed by atoms with E-state index in [1.165, 1.54) is 7.11 Å². The third-order valence-electron chi connectivity index (χ3n) is 2.15. The molecule has 4 heteroatoms. The summed E-state index contributed by atoms with van der Waals surface area (Å²) in [5, 5.41) is 0. The topological polar surface area (TPSA) is 61.5 Å². The second-order valence-corrected chi connectivity index (χ2v) is 3.34.